The molecular formula is C13H17N3O3. The number of carbonyl (C=O) groups is 1. The number of rotatable bonds is 5. The van der Waals surface area contributed by atoms with E-state index in [1.807, 2.05) is 24.9 Å². The molecule has 0 aliphatic rings. The molecule has 0 fully saturated rings. The number of hydrogen-bond donors (Lipinski definition) is 1. The van der Waals surface area contributed by atoms with Crippen LogP contribution in [0.25, 0.3) is 0 Å². The van der Waals surface area contributed by atoms with Gasteiger partial charge in [0.05, 0.1) is 19.6 Å². The number of methoxy groups -OCH3 is 1. The minimum absolute atomic E-state index is 0.248. The van der Waals surface area contributed by atoms with Crippen molar-refractivity contribution in [1.82, 2.24) is 15.1 Å². The van der Waals surface area contributed by atoms with Gasteiger partial charge in [-0.05, 0) is 13.0 Å². The third-order valence-corrected chi connectivity index (χ3v) is 3.09. The van der Waals surface area contributed by atoms with Gasteiger partial charge in [-0.3, -0.25) is 4.68 Å². The second kappa shape index (κ2) is 5.71. The predicted octanol–water partition coefficient (Wildman–Crippen LogP) is 1.40. The predicted molar refractivity (Wildman–Crippen MR) is 68.5 cm³/mol. The van der Waals surface area contributed by atoms with Crippen LogP contribution in [-0.2, 0) is 24.9 Å². The van der Waals surface area contributed by atoms with E-state index >= 15 is 0 Å². The Bertz CT molecular complexity index is 571. The number of aromatic nitrogens is 2. The first kappa shape index (κ1) is 13.4. The normalized spacial score (nSPS) is 10.7. The summed E-state index contributed by atoms with van der Waals surface area (Å²) in [6, 6.07) is 1.76. The van der Waals surface area contributed by atoms with Gasteiger partial charge in [0.25, 0.3) is 0 Å². The first-order valence-electron chi connectivity index (χ1n) is 5.96. The van der Waals surface area contributed by atoms with E-state index in [0.717, 1.165) is 16.8 Å². The van der Waals surface area contributed by atoms with E-state index < -0.39 is 5.97 Å². The van der Waals surface area contributed by atoms with Gasteiger partial charge in [-0.2, -0.15) is 5.10 Å². The first-order valence-corrected chi connectivity index (χ1v) is 5.96. The van der Waals surface area contributed by atoms with E-state index in [1.165, 1.54) is 13.4 Å². The van der Waals surface area contributed by atoms with Crippen LogP contribution in [-0.4, -0.2) is 22.9 Å². The van der Waals surface area contributed by atoms with Gasteiger partial charge >= 0.3 is 5.97 Å². The lowest BCUT2D eigenvalue weighted by Crippen LogP contribution is -2.15. The van der Waals surface area contributed by atoms with Crippen LogP contribution in [0, 0.1) is 6.92 Å². The lowest BCUT2D eigenvalue weighted by molar-refractivity contribution is 0.0563. The smallest absolute Gasteiger partial charge is 0.374 e. The maximum atomic E-state index is 11.4. The van der Waals surface area contributed by atoms with E-state index in [9.17, 15) is 4.79 Å². The Labute approximate surface area is 111 Å². The van der Waals surface area contributed by atoms with Crippen molar-refractivity contribution < 1.29 is 13.9 Å². The number of aryl methyl sites for hydroxylation is 1. The van der Waals surface area contributed by atoms with Crippen molar-refractivity contribution in [2.45, 2.75) is 20.0 Å². The fourth-order valence-corrected chi connectivity index (χ4v) is 1.80. The molecule has 2 aromatic rings. The standard InChI is InChI=1S/C13H17N3O3/c1-9-11(8-15-16(9)2)7-14-6-10-4-5-19-12(10)13(17)18-3/h4-5,8,14H,6-7H2,1-3H3. The Kier molecular flexibility index (Phi) is 4.01. The number of carbonyl (C=O) groups excluding carboxylic acids is 1. The van der Waals surface area contributed by atoms with Gasteiger partial charge in [-0.25, -0.2) is 4.79 Å². The SMILES string of the molecule is COC(=O)c1occc1CNCc1cnn(C)c1C. The molecule has 0 amide bonds. The van der Waals surface area contributed by atoms with Gasteiger partial charge in [0.1, 0.15) is 0 Å². The maximum absolute atomic E-state index is 11.4. The molecule has 102 valence electrons. The number of nitrogens with zero attached hydrogens (tertiary/aromatic N) is 2. The van der Waals surface area contributed by atoms with Gasteiger partial charge in [0.15, 0.2) is 0 Å². The van der Waals surface area contributed by atoms with Crippen LogP contribution < -0.4 is 5.32 Å². The van der Waals surface area contributed by atoms with Crippen LogP contribution in [0.1, 0.15) is 27.4 Å². The molecule has 6 heteroatoms. The lowest BCUT2D eigenvalue weighted by atomic mass is 10.2. The van der Waals surface area contributed by atoms with Crippen molar-refractivity contribution in [1.29, 1.82) is 0 Å². The second-order valence-electron chi connectivity index (χ2n) is 4.25. The summed E-state index contributed by atoms with van der Waals surface area (Å²) in [5.41, 5.74) is 3.03. The Morgan fingerprint density at radius 2 is 2.21 bits per heavy atom. The molecule has 0 saturated carbocycles. The molecule has 2 rings (SSSR count). The molecule has 2 heterocycles. The van der Waals surface area contributed by atoms with E-state index in [1.54, 1.807) is 6.07 Å². The quantitative estimate of drug-likeness (QED) is 0.826. The Morgan fingerprint density at radius 1 is 1.47 bits per heavy atom. The van der Waals surface area contributed by atoms with Gasteiger partial charge in [0.2, 0.25) is 5.76 Å². The van der Waals surface area contributed by atoms with Crippen LogP contribution >= 0.6 is 0 Å². The molecule has 0 bridgehead atoms. The third kappa shape index (κ3) is 2.85. The largest absolute Gasteiger partial charge is 0.463 e. The van der Waals surface area contributed by atoms with Crippen LogP contribution in [0.3, 0.4) is 0 Å². The number of hydrogen-bond acceptors (Lipinski definition) is 5. The van der Waals surface area contributed by atoms with E-state index in [4.69, 9.17) is 4.42 Å². The molecule has 6 nitrogen and oxygen atoms in total. The van der Waals surface area contributed by atoms with Gasteiger partial charge < -0.3 is 14.5 Å². The zero-order chi connectivity index (χ0) is 13.8. The van der Waals surface area contributed by atoms with Crippen molar-refractivity contribution in [2.75, 3.05) is 7.11 Å². The van der Waals surface area contributed by atoms with Gasteiger partial charge in [0, 0.05) is 37.0 Å². The van der Waals surface area contributed by atoms with E-state index in [-0.39, 0.29) is 5.76 Å². The van der Waals surface area contributed by atoms with Crippen LogP contribution in [0.15, 0.2) is 22.9 Å². The molecule has 0 spiro atoms. The van der Waals surface area contributed by atoms with Crippen molar-refractivity contribution in [3.05, 3.63) is 41.1 Å². The van der Waals surface area contributed by atoms with Crippen LogP contribution in [0.5, 0.6) is 0 Å². The molecule has 2 aromatic heterocycles. The Hall–Kier alpha value is -2.08. The van der Waals surface area contributed by atoms with Gasteiger partial charge in [-0.1, -0.05) is 0 Å². The number of ether oxygens (including phenoxy) is 1. The molecule has 0 aliphatic heterocycles. The highest BCUT2D eigenvalue weighted by molar-refractivity contribution is 5.87. The summed E-state index contributed by atoms with van der Waals surface area (Å²) in [6.07, 6.45) is 3.32. The number of furan rings is 1. The van der Waals surface area contributed by atoms with Crippen molar-refractivity contribution in [3.8, 4) is 0 Å². The van der Waals surface area contributed by atoms with Crippen molar-refractivity contribution in [2.24, 2.45) is 7.05 Å². The summed E-state index contributed by atoms with van der Waals surface area (Å²) in [5, 5.41) is 7.43. The minimum Gasteiger partial charge on any atom is -0.463 e. The molecule has 0 saturated heterocycles. The third-order valence-electron chi connectivity index (χ3n) is 3.09. The van der Waals surface area contributed by atoms with E-state index in [2.05, 4.69) is 15.2 Å². The number of esters is 1. The van der Waals surface area contributed by atoms with Gasteiger partial charge in [-0.15, -0.1) is 0 Å². The molecule has 0 radical (unpaired) electrons. The molecule has 1 N–H and O–H groups in total. The summed E-state index contributed by atoms with van der Waals surface area (Å²) < 4.78 is 11.6. The summed E-state index contributed by atoms with van der Waals surface area (Å²) in [7, 11) is 3.24. The maximum Gasteiger partial charge on any atom is 0.374 e. The second-order valence-corrected chi connectivity index (χ2v) is 4.25. The highest BCUT2D eigenvalue weighted by Gasteiger charge is 2.15. The van der Waals surface area contributed by atoms with Crippen molar-refractivity contribution >= 4 is 5.97 Å². The molecule has 19 heavy (non-hydrogen) atoms. The Balaban J connectivity index is 1.95. The molecule has 0 aliphatic carbocycles. The highest BCUT2D eigenvalue weighted by atomic mass is 16.5. The Morgan fingerprint density at radius 3 is 2.84 bits per heavy atom. The van der Waals surface area contributed by atoms with Crippen molar-refractivity contribution in [3.63, 3.8) is 0 Å². The molecule has 0 aromatic carbocycles. The molecule has 0 unspecified atom stereocenters. The topological polar surface area (TPSA) is 69.3 Å². The fraction of sp³-hybridized carbons (Fsp3) is 0.385. The average molecular weight is 263 g/mol. The fourth-order valence-electron chi connectivity index (χ4n) is 1.80. The summed E-state index contributed by atoms with van der Waals surface area (Å²) in [6.45, 7) is 3.24. The summed E-state index contributed by atoms with van der Waals surface area (Å²) in [4.78, 5) is 11.4. The number of nitrogens with one attached hydrogen (secondary N) is 1. The average Bonchev–Trinajstić information content (AvgIpc) is 2.99. The lowest BCUT2D eigenvalue weighted by Gasteiger charge is -2.04. The van der Waals surface area contributed by atoms with Crippen LogP contribution in [0.2, 0.25) is 0 Å². The van der Waals surface area contributed by atoms with Crippen LogP contribution in [0.4, 0.5) is 0 Å². The monoisotopic (exact) mass is 263 g/mol. The summed E-state index contributed by atoms with van der Waals surface area (Å²) >= 11 is 0. The highest BCUT2D eigenvalue weighted by Crippen LogP contribution is 2.12. The minimum atomic E-state index is -0.459. The zero-order valence-electron chi connectivity index (χ0n) is 11.3. The first-order chi connectivity index (χ1) is 9.13. The molecule has 0 atom stereocenters. The summed E-state index contributed by atoms with van der Waals surface area (Å²) in [5.74, 6) is -0.211. The zero-order valence-corrected chi connectivity index (χ0v) is 11.3. The van der Waals surface area contributed by atoms with E-state index in [0.29, 0.717) is 13.1 Å². The molecular weight excluding hydrogens is 246 g/mol.